The molecule has 6 atom stereocenters. The maximum absolute atomic E-state index is 14.9. The number of hydrogen-bond acceptors (Lipinski definition) is 3. The van der Waals surface area contributed by atoms with E-state index in [-0.39, 0.29) is 23.2 Å². The highest BCUT2D eigenvalue weighted by Gasteiger charge is 2.59. The molecule has 0 aromatic heterocycles. The number of ketones is 1. The van der Waals surface area contributed by atoms with Gasteiger partial charge in [0, 0.05) is 6.42 Å². The fraction of sp³-hybridized carbons (Fsp3) is 0.750. The Labute approximate surface area is 167 Å². The molecule has 4 aliphatic rings. The Morgan fingerprint density at radius 2 is 1.96 bits per heavy atom. The van der Waals surface area contributed by atoms with Crippen molar-refractivity contribution in [2.75, 3.05) is 6.61 Å². The van der Waals surface area contributed by atoms with E-state index in [1.165, 1.54) is 5.57 Å². The van der Waals surface area contributed by atoms with E-state index in [4.69, 9.17) is 4.74 Å². The maximum atomic E-state index is 14.9. The fourth-order valence-electron chi connectivity index (χ4n) is 7.43. The van der Waals surface area contributed by atoms with E-state index in [1.54, 1.807) is 6.92 Å². The normalized spacial score (nSPS) is 44.2. The second-order valence-electron chi connectivity index (χ2n) is 9.95. The third-order valence-corrected chi connectivity index (χ3v) is 9.02. The Morgan fingerprint density at radius 1 is 1.21 bits per heavy atom. The SMILES string of the molecule is CCOC(=O)C(F)=C1CC[C@H]2[C@@H]3CCC4=CC(=O)C[C@H](C)[C@]4(C)[C@H]3CC[C@]12C. The largest absolute Gasteiger partial charge is 0.461 e. The molecule has 0 unspecified atom stereocenters. The van der Waals surface area contributed by atoms with E-state index in [2.05, 4.69) is 20.8 Å². The van der Waals surface area contributed by atoms with Crippen LogP contribution < -0.4 is 0 Å². The zero-order valence-corrected chi connectivity index (χ0v) is 17.6. The number of halogens is 1. The molecule has 0 N–H and O–H groups in total. The Morgan fingerprint density at radius 3 is 2.68 bits per heavy atom. The van der Waals surface area contributed by atoms with E-state index < -0.39 is 11.8 Å². The van der Waals surface area contributed by atoms with Crippen molar-refractivity contribution in [2.45, 2.75) is 72.6 Å². The van der Waals surface area contributed by atoms with Gasteiger partial charge in [-0.15, -0.1) is 0 Å². The van der Waals surface area contributed by atoms with Crippen LogP contribution in [0.1, 0.15) is 72.6 Å². The van der Waals surface area contributed by atoms with E-state index in [9.17, 15) is 14.0 Å². The third kappa shape index (κ3) is 2.66. The van der Waals surface area contributed by atoms with Crippen LogP contribution in [0.25, 0.3) is 0 Å². The molecule has 0 aromatic carbocycles. The van der Waals surface area contributed by atoms with Gasteiger partial charge in [-0.05, 0) is 91.6 Å². The highest BCUT2D eigenvalue weighted by atomic mass is 19.1. The monoisotopic (exact) mass is 388 g/mol. The van der Waals surface area contributed by atoms with E-state index in [1.807, 2.05) is 6.08 Å². The predicted octanol–water partition coefficient (Wildman–Crippen LogP) is 5.55. The lowest BCUT2D eigenvalue weighted by Crippen LogP contribution is -2.52. The van der Waals surface area contributed by atoms with Crippen molar-refractivity contribution in [1.29, 1.82) is 0 Å². The molecule has 0 heterocycles. The van der Waals surface area contributed by atoms with E-state index >= 15 is 0 Å². The zero-order chi connectivity index (χ0) is 20.3. The lowest BCUT2D eigenvalue weighted by molar-refractivity contribution is -0.140. The number of rotatable bonds is 2. The molecule has 0 aromatic rings. The second kappa shape index (κ2) is 6.81. The van der Waals surface area contributed by atoms with Crippen LogP contribution in [0.5, 0.6) is 0 Å². The summed E-state index contributed by atoms with van der Waals surface area (Å²) in [5.74, 6) is 0.741. The summed E-state index contributed by atoms with van der Waals surface area (Å²) >= 11 is 0. The summed E-state index contributed by atoms with van der Waals surface area (Å²) in [7, 11) is 0. The number of ether oxygens (including phenoxy) is 1. The number of fused-ring (bicyclic) bond motifs is 5. The summed E-state index contributed by atoms with van der Waals surface area (Å²) < 4.78 is 19.9. The van der Waals surface area contributed by atoms with Crippen LogP contribution in [0.3, 0.4) is 0 Å². The van der Waals surface area contributed by atoms with Crippen LogP contribution in [0.2, 0.25) is 0 Å². The molecule has 0 bridgehead atoms. The first-order valence-corrected chi connectivity index (χ1v) is 11.0. The highest BCUT2D eigenvalue weighted by molar-refractivity contribution is 5.92. The van der Waals surface area contributed by atoms with Gasteiger partial charge in [-0.2, -0.15) is 4.39 Å². The second-order valence-corrected chi connectivity index (χ2v) is 9.95. The summed E-state index contributed by atoms with van der Waals surface area (Å²) in [4.78, 5) is 24.2. The smallest absolute Gasteiger partial charge is 0.367 e. The maximum Gasteiger partial charge on any atom is 0.367 e. The van der Waals surface area contributed by atoms with Gasteiger partial charge in [-0.3, -0.25) is 4.79 Å². The van der Waals surface area contributed by atoms with Crippen molar-refractivity contribution >= 4 is 11.8 Å². The molecule has 0 spiro atoms. The van der Waals surface area contributed by atoms with Crippen molar-refractivity contribution in [2.24, 2.45) is 34.5 Å². The van der Waals surface area contributed by atoms with Gasteiger partial charge in [0.1, 0.15) is 0 Å². The first-order chi connectivity index (χ1) is 13.2. The lowest BCUT2D eigenvalue weighted by atomic mass is 9.45. The van der Waals surface area contributed by atoms with Gasteiger partial charge in [0.2, 0.25) is 5.83 Å². The number of carbonyl (C=O) groups excluding carboxylic acids is 2. The summed E-state index contributed by atoms with van der Waals surface area (Å²) in [5.41, 5.74) is 1.91. The average molecular weight is 389 g/mol. The van der Waals surface area contributed by atoms with Crippen LogP contribution in [0.15, 0.2) is 23.0 Å². The Bertz CT molecular complexity index is 766. The first-order valence-electron chi connectivity index (χ1n) is 11.0. The van der Waals surface area contributed by atoms with E-state index in [0.29, 0.717) is 42.1 Å². The first kappa shape index (κ1) is 19.8. The number of allylic oxidation sites excluding steroid dienone is 2. The van der Waals surface area contributed by atoms with Crippen LogP contribution in [0.4, 0.5) is 4.39 Å². The number of carbonyl (C=O) groups is 2. The fourth-order valence-corrected chi connectivity index (χ4v) is 7.43. The van der Waals surface area contributed by atoms with E-state index in [0.717, 1.165) is 32.1 Å². The standard InChI is InChI=1S/C24H33FO3/c1-5-28-22(27)21(25)20-9-8-18-17-7-6-15-13-16(26)12-14(2)24(15,4)19(17)10-11-23(18,20)3/h13-14,17-19H,5-12H2,1-4H3/t14-,17-,18-,19-,23-,24-/m0/s1. The molecule has 28 heavy (non-hydrogen) atoms. The van der Waals surface area contributed by atoms with Crippen LogP contribution >= 0.6 is 0 Å². The molecule has 0 radical (unpaired) electrons. The molecular weight excluding hydrogens is 355 g/mol. The molecule has 4 heteroatoms. The molecule has 4 rings (SSSR count). The number of hydrogen-bond donors (Lipinski definition) is 0. The van der Waals surface area contributed by atoms with Crippen molar-refractivity contribution in [1.82, 2.24) is 0 Å². The molecule has 0 aliphatic heterocycles. The van der Waals surface area contributed by atoms with Crippen molar-refractivity contribution in [3.63, 3.8) is 0 Å². The summed E-state index contributed by atoms with van der Waals surface area (Å²) in [5, 5.41) is 0. The van der Waals surface area contributed by atoms with Gasteiger partial charge in [-0.25, -0.2) is 4.79 Å². The van der Waals surface area contributed by atoms with Gasteiger partial charge >= 0.3 is 5.97 Å². The topological polar surface area (TPSA) is 43.4 Å². The summed E-state index contributed by atoms with van der Waals surface area (Å²) in [6, 6.07) is 0. The summed E-state index contributed by atoms with van der Waals surface area (Å²) in [6.07, 6.45) is 8.25. The van der Waals surface area contributed by atoms with Gasteiger partial charge in [-0.1, -0.05) is 26.3 Å². The molecule has 154 valence electrons. The Kier molecular flexibility index (Phi) is 4.83. The van der Waals surface area contributed by atoms with Crippen molar-refractivity contribution in [3.05, 3.63) is 23.0 Å². The lowest BCUT2D eigenvalue weighted by Gasteiger charge is -2.59. The molecule has 3 fully saturated rings. The van der Waals surface area contributed by atoms with Crippen molar-refractivity contribution in [3.8, 4) is 0 Å². The zero-order valence-electron chi connectivity index (χ0n) is 17.6. The molecule has 4 aliphatic carbocycles. The van der Waals surface area contributed by atoms with Gasteiger partial charge < -0.3 is 4.74 Å². The highest BCUT2D eigenvalue weighted by Crippen LogP contribution is 2.67. The minimum atomic E-state index is -0.790. The summed E-state index contributed by atoms with van der Waals surface area (Å²) in [6.45, 7) is 8.71. The quantitative estimate of drug-likeness (QED) is 0.460. The Hall–Kier alpha value is -1.45. The van der Waals surface area contributed by atoms with Gasteiger partial charge in [0.15, 0.2) is 5.78 Å². The van der Waals surface area contributed by atoms with Gasteiger partial charge in [0.25, 0.3) is 0 Å². The molecule has 3 nitrogen and oxygen atoms in total. The molecule has 0 saturated heterocycles. The van der Waals surface area contributed by atoms with Crippen LogP contribution in [-0.2, 0) is 14.3 Å². The van der Waals surface area contributed by atoms with Crippen LogP contribution in [-0.4, -0.2) is 18.4 Å². The minimum absolute atomic E-state index is 0.0876. The molecule has 3 saturated carbocycles. The molecular formula is C24H33FO3. The van der Waals surface area contributed by atoms with Crippen LogP contribution in [0, 0.1) is 34.5 Å². The third-order valence-electron chi connectivity index (χ3n) is 9.02. The molecule has 0 amide bonds. The van der Waals surface area contributed by atoms with Gasteiger partial charge in [0.05, 0.1) is 6.61 Å². The average Bonchev–Trinajstić information content (AvgIpc) is 3.00. The number of esters is 1. The predicted molar refractivity (Wildman–Crippen MR) is 106 cm³/mol. The Balaban J connectivity index is 1.67. The minimum Gasteiger partial charge on any atom is -0.461 e. The van der Waals surface area contributed by atoms with Crippen molar-refractivity contribution < 1.29 is 18.7 Å².